The highest BCUT2D eigenvalue weighted by Crippen LogP contribution is 2.15. The summed E-state index contributed by atoms with van der Waals surface area (Å²) < 4.78 is 0. The van der Waals surface area contributed by atoms with E-state index in [9.17, 15) is 4.79 Å². The van der Waals surface area contributed by atoms with Gasteiger partial charge in [0.1, 0.15) is 0 Å². The van der Waals surface area contributed by atoms with Gasteiger partial charge >= 0.3 is 0 Å². The fourth-order valence-electron chi connectivity index (χ4n) is 2.05. The molecule has 80 valence electrons. The summed E-state index contributed by atoms with van der Waals surface area (Å²) >= 11 is 0. The Kier molecular flexibility index (Phi) is 2.76. The topological polar surface area (TPSA) is 29.1 Å². The van der Waals surface area contributed by atoms with Crippen molar-refractivity contribution in [1.82, 2.24) is 5.32 Å². The number of amides is 1. The van der Waals surface area contributed by atoms with Crippen molar-refractivity contribution in [3.8, 4) is 0 Å². The summed E-state index contributed by atoms with van der Waals surface area (Å²) in [6.07, 6.45) is 2.63. The van der Waals surface area contributed by atoms with Crippen molar-refractivity contribution in [2.75, 3.05) is 0 Å². The standard InChI is InChI=1S/C13H17NO/c1-9-3-4-11(7-10(9)2)8-12-5-6-13(15)14-12/h3-4,7,12H,5-6,8H2,1-2H3,(H,14,15). The molecule has 0 saturated carbocycles. The van der Waals surface area contributed by atoms with Crippen LogP contribution in [0.25, 0.3) is 0 Å². The van der Waals surface area contributed by atoms with E-state index in [0.717, 1.165) is 12.8 Å². The van der Waals surface area contributed by atoms with Gasteiger partial charge in [-0.3, -0.25) is 4.79 Å². The predicted molar refractivity (Wildman–Crippen MR) is 60.8 cm³/mol. The Morgan fingerprint density at radius 2 is 2.13 bits per heavy atom. The summed E-state index contributed by atoms with van der Waals surface area (Å²) in [6, 6.07) is 6.88. The van der Waals surface area contributed by atoms with Crippen molar-refractivity contribution in [1.29, 1.82) is 0 Å². The van der Waals surface area contributed by atoms with E-state index in [1.807, 2.05) is 0 Å². The number of hydrogen-bond donors (Lipinski definition) is 1. The third-order valence-corrected chi connectivity index (χ3v) is 3.14. The first-order chi connectivity index (χ1) is 7.15. The monoisotopic (exact) mass is 203 g/mol. The lowest BCUT2D eigenvalue weighted by Gasteiger charge is -2.11. The zero-order valence-corrected chi connectivity index (χ0v) is 9.34. The van der Waals surface area contributed by atoms with Gasteiger partial charge in [-0.15, -0.1) is 0 Å². The fraction of sp³-hybridized carbons (Fsp3) is 0.462. The zero-order chi connectivity index (χ0) is 10.8. The lowest BCUT2D eigenvalue weighted by Crippen LogP contribution is -2.27. The van der Waals surface area contributed by atoms with Crippen molar-refractivity contribution in [3.63, 3.8) is 0 Å². The molecule has 1 aliphatic rings. The van der Waals surface area contributed by atoms with Crippen LogP contribution in [0.1, 0.15) is 29.5 Å². The van der Waals surface area contributed by atoms with Crippen molar-refractivity contribution < 1.29 is 4.79 Å². The van der Waals surface area contributed by atoms with Crippen molar-refractivity contribution >= 4 is 5.91 Å². The molecule has 2 nitrogen and oxygen atoms in total. The van der Waals surface area contributed by atoms with Crippen LogP contribution in [0.3, 0.4) is 0 Å². The molecule has 0 aliphatic carbocycles. The molecule has 1 aliphatic heterocycles. The van der Waals surface area contributed by atoms with Gasteiger partial charge in [0, 0.05) is 12.5 Å². The molecule has 1 fully saturated rings. The molecule has 2 rings (SSSR count). The van der Waals surface area contributed by atoms with Crippen LogP contribution in [-0.4, -0.2) is 11.9 Å². The van der Waals surface area contributed by atoms with Gasteiger partial charge in [-0.1, -0.05) is 18.2 Å². The van der Waals surface area contributed by atoms with Crippen LogP contribution < -0.4 is 5.32 Å². The summed E-state index contributed by atoms with van der Waals surface area (Å²) in [4.78, 5) is 11.1. The van der Waals surface area contributed by atoms with Gasteiger partial charge in [-0.05, 0) is 43.4 Å². The maximum absolute atomic E-state index is 11.1. The molecule has 1 aromatic rings. The van der Waals surface area contributed by atoms with Gasteiger partial charge in [0.15, 0.2) is 0 Å². The molecule has 1 atom stereocenters. The molecule has 1 unspecified atom stereocenters. The first-order valence-electron chi connectivity index (χ1n) is 5.50. The van der Waals surface area contributed by atoms with Gasteiger partial charge in [0.2, 0.25) is 5.91 Å². The Morgan fingerprint density at radius 1 is 1.33 bits per heavy atom. The van der Waals surface area contributed by atoms with Crippen molar-refractivity contribution in [3.05, 3.63) is 34.9 Å². The number of carbonyl (C=O) groups is 1. The van der Waals surface area contributed by atoms with E-state index in [4.69, 9.17) is 0 Å². The summed E-state index contributed by atoms with van der Waals surface area (Å²) in [6.45, 7) is 4.25. The summed E-state index contributed by atoms with van der Waals surface area (Å²) in [5, 5.41) is 3.00. The molecule has 1 saturated heterocycles. The van der Waals surface area contributed by atoms with Crippen LogP contribution in [0.5, 0.6) is 0 Å². The minimum atomic E-state index is 0.198. The Balaban J connectivity index is 2.05. The smallest absolute Gasteiger partial charge is 0.220 e. The Bertz CT molecular complexity index is 384. The van der Waals surface area contributed by atoms with Crippen LogP contribution >= 0.6 is 0 Å². The van der Waals surface area contributed by atoms with Crippen LogP contribution in [0, 0.1) is 13.8 Å². The predicted octanol–water partition coefficient (Wildman–Crippen LogP) is 2.12. The molecule has 2 heteroatoms. The van der Waals surface area contributed by atoms with E-state index in [0.29, 0.717) is 12.5 Å². The molecule has 15 heavy (non-hydrogen) atoms. The Morgan fingerprint density at radius 3 is 2.73 bits per heavy atom. The third kappa shape index (κ3) is 2.38. The van der Waals surface area contributed by atoms with E-state index < -0.39 is 0 Å². The Hall–Kier alpha value is -1.31. The molecule has 0 radical (unpaired) electrons. The number of aryl methyl sites for hydroxylation is 2. The van der Waals surface area contributed by atoms with Crippen LogP contribution in [0.4, 0.5) is 0 Å². The number of benzene rings is 1. The average Bonchev–Trinajstić information content (AvgIpc) is 2.58. The number of nitrogens with one attached hydrogen (secondary N) is 1. The van der Waals surface area contributed by atoms with Crippen molar-refractivity contribution in [2.45, 2.75) is 39.2 Å². The van der Waals surface area contributed by atoms with E-state index in [1.165, 1.54) is 16.7 Å². The molecule has 1 N–H and O–H groups in total. The first-order valence-corrected chi connectivity index (χ1v) is 5.50. The second-order valence-electron chi connectivity index (χ2n) is 4.43. The molecule has 0 aromatic heterocycles. The quantitative estimate of drug-likeness (QED) is 0.783. The van der Waals surface area contributed by atoms with E-state index in [1.54, 1.807) is 0 Å². The minimum absolute atomic E-state index is 0.198. The SMILES string of the molecule is Cc1ccc(CC2CCC(=O)N2)cc1C. The second kappa shape index (κ2) is 4.05. The van der Waals surface area contributed by atoms with Gasteiger partial charge in [0.05, 0.1) is 0 Å². The van der Waals surface area contributed by atoms with E-state index in [-0.39, 0.29) is 5.91 Å². The molecule has 0 spiro atoms. The third-order valence-electron chi connectivity index (χ3n) is 3.14. The van der Waals surface area contributed by atoms with Gasteiger partial charge in [-0.25, -0.2) is 0 Å². The summed E-state index contributed by atoms with van der Waals surface area (Å²) in [7, 11) is 0. The first kappa shape index (κ1) is 10.2. The maximum atomic E-state index is 11.1. The highest BCUT2D eigenvalue weighted by Gasteiger charge is 2.20. The fourth-order valence-corrected chi connectivity index (χ4v) is 2.05. The molecule has 0 bridgehead atoms. The summed E-state index contributed by atoms with van der Waals surface area (Å²) in [5.74, 6) is 0.198. The van der Waals surface area contributed by atoms with Crippen LogP contribution in [0.2, 0.25) is 0 Å². The molecular weight excluding hydrogens is 186 g/mol. The lowest BCUT2D eigenvalue weighted by atomic mass is 10.0. The number of carbonyl (C=O) groups excluding carboxylic acids is 1. The highest BCUT2D eigenvalue weighted by molar-refractivity contribution is 5.78. The molecule has 1 heterocycles. The lowest BCUT2D eigenvalue weighted by molar-refractivity contribution is -0.119. The van der Waals surface area contributed by atoms with Gasteiger partial charge in [-0.2, -0.15) is 0 Å². The summed E-state index contributed by atoms with van der Waals surface area (Å²) in [5.41, 5.74) is 3.98. The van der Waals surface area contributed by atoms with Gasteiger partial charge < -0.3 is 5.32 Å². The Labute approximate surface area is 90.7 Å². The highest BCUT2D eigenvalue weighted by atomic mass is 16.1. The zero-order valence-electron chi connectivity index (χ0n) is 9.34. The maximum Gasteiger partial charge on any atom is 0.220 e. The largest absolute Gasteiger partial charge is 0.353 e. The average molecular weight is 203 g/mol. The molecule has 1 amide bonds. The number of rotatable bonds is 2. The molecular formula is C13H17NO. The van der Waals surface area contributed by atoms with Crippen LogP contribution in [0.15, 0.2) is 18.2 Å². The van der Waals surface area contributed by atoms with Gasteiger partial charge in [0.25, 0.3) is 0 Å². The number of hydrogen-bond acceptors (Lipinski definition) is 1. The van der Waals surface area contributed by atoms with E-state index >= 15 is 0 Å². The van der Waals surface area contributed by atoms with E-state index in [2.05, 4.69) is 37.4 Å². The minimum Gasteiger partial charge on any atom is -0.353 e. The van der Waals surface area contributed by atoms with Crippen molar-refractivity contribution in [2.24, 2.45) is 0 Å². The second-order valence-corrected chi connectivity index (χ2v) is 4.43. The normalized spacial score (nSPS) is 20.4. The van der Waals surface area contributed by atoms with Crippen LogP contribution in [-0.2, 0) is 11.2 Å². The molecule has 1 aromatic carbocycles.